The van der Waals surface area contributed by atoms with Crippen LogP contribution in [0.1, 0.15) is 5.56 Å². The molecule has 0 heterocycles. The fraction of sp³-hybridized carbons (Fsp3) is 0.0667. The van der Waals surface area contributed by atoms with Gasteiger partial charge in [0.2, 0.25) is 0 Å². The molecule has 2 aromatic rings. The summed E-state index contributed by atoms with van der Waals surface area (Å²) in [6.07, 6.45) is 0. The van der Waals surface area contributed by atoms with Gasteiger partial charge in [0.15, 0.2) is 6.61 Å². The topological polar surface area (TPSA) is 88.1 Å². The third-order valence-electron chi connectivity index (χ3n) is 2.66. The minimum Gasteiger partial charge on any atom is -0.482 e. The lowest BCUT2D eigenvalue weighted by Gasteiger charge is -2.10. The minimum atomic E-state index is -0.392. The number of carbonyl (C=O) groups excluding carboxylic acids is 1. The number of hydrogen-bond acceptors (Lipinski definition) is 4. The van der Waals surface area contributed by atoms with E-state index in [1.165, 1.54) is 0 Å². The molecule has 0 aromatic heterocycles. The third-order valence-corrected chi connectivity index (χ3v) is 2.89. The molecular formula is C15H12ClN3O2. The molecule has 0 spiro atoms. The van der Waals surface area contributed by atoms with Crippen LogP contribution in [0.25, 0.3) is 0 Å². The van der Waals surface area contributed by atoms with Gasteiger partial charge < -0.3 is 15.8 Å². The van der Waals surface area contributed by atoms with E-state index < -0.39 is 5.91 Å². The molecule has 1 amide bonds. The van der Waals surface area contributed by atoms with Crippen molar-refractivity contribution in [2.75, 3.05) is 17.7 Å². The van der Waals surface area contributed by atoms with Gasteiger partial charge in [-0.05, 0) is 30.3 Å². The molecule has 106 valence electrons. The predicted molar refractivity (Wildman–Crippen MR) is 81.1 cm³/mol. The Labute approximate surface area is 126 Å². The second-order valence-corrected chi connectivity index (χ2v) is 4.61. The average Bonchev–Trinajstić information content (AvgIpc) is 2.49. The van der Waals surface area contributed by atoms with E-state index in [1.54, 1.807) is 42.5 Å². The molecule has 2 aromatic carbocycles. The highest BCUT2D eigenvalue weighted by Gasteiger charge is 2.08. The number of hydrogen-bond donors (Lipinski definition) is 2. The maximum absolute atomic E-state index is 11.8. The van der Waals surface area contributed by atoms with Crippen LogP contribution in [-0.4, -0.2) is 12.5 Å². The second kappa shape index (κ2) is 6.64. The quantitative estimate of drug-likeness (QED) is 0.850. The monoisotopic (exact) mass is 301 g/mol. The van der Waals surface area contributed by atoms with Gasteiger partial charge in [-0.3, -0.25) is 4.79 Å². The molecule has 0 aliphatic rings. The number of nitrogens with two attached hydrogens (primary N) is 1. The summed E-state index contributed by atoms with van der Waals surface area (Å²) >= 11 is 5.84. The summed E-state index contributed by atoms with van der Waals surface area (Å²) in [4.78, 5) is 11.8. The lowest BCUT2D eigenvalue weighted by atomic mass is 10.2. The van der Waals surface area contributed by atoms with Crippen molar-refractivity contribution in [1.82, 2.24) is 0 Å². The largest absolute Gasteiger partial charge is 0.482 e. The highest BCUT2D eigenvalue weighted by atomic mass is 35.5. The molecule has 6 heteroatoms. The smallest absolute Gasteiger partial charge is 0.262 e. The van der Waals surface area contributed by atoms with E-state index in [2.05, 4.69) is 5.32 Å². The number of ether oxygens (including phenoxy) is 1. The van der Waals surface area contributed by atoms with Crippen LogP contribution in [0.4, 0.5) is 11.4 Å². The molecule has 2 rings (SSSR count). The van der Waals surface area contributed by atoms with Crippen molar-refractivity contribution in [2.45, 2.75) is 0 Å². The number of anilines is 2. The normalized spacial score (nSPS) is 9.71. The van der Waals surface area contributed by atoms with E-state index in [9.17, 15) is 4.79 Å². The van der Waals surface area contributed by atoms with E-state index in [-0.39, 0.29) is 6.61 Å². The Morgan fingerprint density at radius 1 is 1.33 bits per heavy atom. The number of nitrogen functional groups attached to an aromatic ring is 1. The summed E-state index contributed by atoms with van der Waals surface area (Å²) in [5.74, 6) is -0.0362. The molecule has 5 nitrogen and oxygen atoms in total. The highest BCUT2D eigenvalue weighted by Crippen LogP contribution is 2.23. The lowest BCUT2D eigenvalue weighted by Crippen LogP contribution is -2.21. The van der Waals surface area contributed by atoms with E-state index in [0.29, 0.717) is 27.7 Å². The van der Waals surface area contributed by atoms with Gasteiger partial charge in [-0.25, -0.2) is 0 Å². The molecular weight excluding hydrogens is 290 g/mol. The zero-order chi connectivity index (χ0) is 15.2. The molecule has 3 N–H and O–H groups in total. The molecule has 0 saturated carbocycles. The Hall–Kier alpha value is -2.71. The third kappa shape index (κ3) is 3.88. The van der Waals surface area contributed by atoms with Crippen LogP contribution >= 0.6 is 11.6 Å². The predicted octanol–water partition coefficient (Wildman–Crippen LogP) is 2.81. The van der Waals surface area contributed by atoms with Gasteiger partial charge in [0.25, 0.3) is 5.91 Å². The van der Waals surface area contributed by atoms with Crippen molar-refractivity contribution in [2.24, 2.45) is 0 Å². The first-order valence-corrected chi connectivity index (χ1v) is 6.45. The molecule has 0 unspecified atom stereocenters. The molecule has 0 radical (unpaired) electrons. The first-order valence-electron chi connectivity index (χ1n) is 6.07. The van der Waals surface area contributed by atoms with E-state index in [0.717, 1.165) is 0 Å². The summed E-state index contributed by atoms with van der Waals surface area (Å²) in [7, 11) is 0. The summed E-state index contributed by atoms with van der Waals surface area (Å²) in [5, 5.41) is 12.0. The standard InChI is InChI=1S/C15H12ClN3O2/c16-11-5-6-12(18)13(7-11)19-15(20)9-21-14-4-2-1-3-10(14)8-17/h1-7H,9,18H2,(H,19,20). The Kier molecular flexibility index (Phi) is 4.64. The molecule has 0 saturated heterocycles. The van der Waals surface area contributed by atoms with Crippen molar-refractivity contribution in [3.63, 3.8) is 0 Å². The molecule has 0 aliphatic carbocycles. The number of nitriles is 1. The zero-order valence-electron chi connectivity index (χ0n) is 11.0. The van der Waals surface area contributed by atoms with Crippen LogP contribution in [0.2, 0.25) is 5.02 Å². The van der Waals surface area contributed by atoms with Crippen LogP contribution < -0.4 is 15.8 Å². The first kappa shape index (κ1) is 14.7. The van der Waals surface area contributed by atoms with Crippen LogP contribution in [0.15, 0.2) is 42.5 Å². The lowest BCUT2D eigenvalue weighted by molar-refractivity contribution is -0.118. The van der Waals surface area contributed by atoms with Crippen molar-refractivity contribution < 1.29 is 9.53 Å². The van der Waals surface area contributed by atoms with E-state index >= 15 is 0 Å². The van der Waals surface area contributed by atoms with Crippen molar-refractivity contribution in [1.29, 1.82) is 5.26 Å². The average molecular weight is 302 g/mol. The molecule has 0 fully saturated rings. The van der Waals surface area contributed by atoms with Gasteiger partial charge in [0, 0.05) is 5.02 Å². The fourth-order valence-electron chi connectivity index (χ4n) is 1.65. The van der Waals surface area contributed by atoms with Crippen LogP contribution in [0.3, 0.4) is 0 Å². The molecule has 21 heavy (non-hydrogen) atoms. The zero-order valence-corrected chi connectivity index (χ0v) is 11.7. The Bertz CT molecular complexity index is 710. The van der Waals surface area contributed by atoms with Gasteiger partial charge in [-0.1, -0.05) is 23.7 Å². The van der Waals surface area contributed by atoms with Crippen LogP contribution in [0.5, 0.6) is 5.75 Å². The second-order valence-electron chi connectivity index (χ2n) is 4.18. The number of para-hydroxylation sites is 1. The van der Waals surface area contributed by atoms with Crippen molar-refractivity contribution >= 4 is 28.9 Å². The minimum absolute atomic E-state index is 0.232. The molecule has 0 aliphatic heterocycles. The Morgan fingerprint density at radius 3 is 2.86 bits per heavy atom. The fourth-order valence-corrected chi connectivity index (χ4v) is 1.82. The number of halogens is 1. The van der Waals surface area contributed by atoms with Gasteiger partial charge in [0.05, 0.1) is 16.9 Å². The number of nitrogens with zero attached hydrogens (tertiary/aromatic N) is 1. The van der Waals surface area contributed by atoms with Crippen molar-refractivity contribution in [3.8, 4) is 11.8 Å². The van der Waals surface area contributed by atoms with Gasteiger partial charge in [-0.15, -0.1) is 0 Å². The number of carbonyl (C=O) groups is 1. The number of benzene rings is 2. The molecule has 0 bridgehead atoms. The van der Waals surface area contributed by atoms with E-state index in [4.69, 9.17) is 27.3 Å². The van der Waals surface area contributed by atoms with Gasteiger partial charge in [-0.2, -0.15) is 5.26 Å². The number of amides is 1. The Morgan fingerprint density at radius 2 is 2.10 bits per heavy atom. The maximum Gasteiger partial charge on any atom is 0.262 e. The number of rotatable bonds is 4. The number of nitrogens with one attached hydrogen (secondary N) is 1. The van der Waals surface area contributed by atoms with Gasteiger partial charge >= 0.3 is 0 Å². The highest BCUT2D eigenvalue weighted by molar-refractivity contribution is 6.31. The first-order chi connectivity index (χ1) is 10.1. The van der Waals surface area contributed by atoms with Crippen molar-refractivity contribution in [3.05, 3.63) is 53.1 Å². The van der Waals surface area contributed by atoms with Gasteiger partial charge in [0.1, 0.15) is 11.8 Å². The van der Waals surface area contributed by atoms with Crippen LogP contribution in [0, 0.1) is 11.3 Å². The summed E-state index contributed by atoms with van der Waals surface area (Å²) in [6, 6.07) is 13.5. The summed E-state index contributed by atoms with van der Waals surface area (Å²) in [5.41, 5.74) is 6.93. The molecule has 0 atom stereocenters. The Balaban J connectivity index is 2.00. The summed E-state index contributed by atoms with van der Waals surface area (Å²) < 4.78 is 5.32. The SMILES string of the molecule is N#Cc1ccccc1OCC(=O)Nc1cc(Cl)ccc1N. The summed E-state index contributed by atoms with van der Waals surface area (Å²) in [6.45, 7) is -0.232. The van der Waals surface area contributed by atoms with Crippen LogP contribution in [-0.2, 0) is 4.79 Å². The maximum atomic E-state index is 11.8. The van der Waals surface area contributed by atoms with E-state index in [1.807, 2.05) is 6.07 Å².